The van der Waals surface area contributed by atoms with Crippen molar-refractivity contribution in [2.24, 2.45) is 0 Å². The van der Waals surface area contributed by atoms with E-state index in [4.69, 9.17) is 10.00 Å². The molecule has 1 aromatic heterocycles. The van der Waals surface area contributed by atoms with Crippen LogP contribution in [0.3, 0.4) is 0 Å². The first-order valence-corrected chi connectivity index (χ1v) is 9.80. The van der Waals surface area contributed by atoms with Crippen molar-refractivity contribution in [3.63, 3.8) is 0 Å². The first-order valence-electron chi connectivity index (χ1n) is 9.80. The van der Waals surface area contributed by atoms with Crippen molar-refractivity contribution in [3.8, 4) is 29.0 Å². The van der Waals surface area contributed by atoms with Gasteiger partial charge in [-0.1, -0.05) is 60.4 Å². The molecule has 1 aliphatic carbocycles. The average Bonchev–Trinajstić information content (AvgIpc) is 3.11. The molecule has 0 bridgehead atoms. The van der Waals surface area contributed by atoms with Crippen molar-refractivity contribution >= 4 is 6.09 Å². The molecule has 1 amide bonds. The maximum atomic E-state index is 13.5. The second-order valence-electron chi connectivity index (χ2n) is 6.97. The van der Waals surface area contributed by atoms with Crippen LogP contribution in [0.15, 0.2) is 60.8 Å². The topological polar surface area (TPSA) is 75.0 Å². The number of benzene rings is 2. The molecule has 0 radical (unpaired) electrons. The number of rotatable bonds is 4. The minimum absolute atomic E-state index is 0.0109. The Bertz CT molecular complexity index is 1190. The minimum atomic E-state index is -0.703. The number of nitrogens with one attached hydrogen (secondary N) is 1. The van der Waals surface area contributed by atoms with E-state index in [0.717, 1.165) is 17.2 Å². The van der Waals surface area contributed by atoms with Crippen molar-refractivity contribution in [1.82, 2.24) is 10.3 Å². The van der Waals surface area contributed by atoms with Gasteiger partial charge < -0.3 is 10.1 Å². The molecule has 2 aromatic carbocycles. The first-order chi connectivity index (χ1) is 15.2. The molecule has 31 heavy (non-hydrogen) atoms. The highest BCUT2D eigenvalue weighted by Gasteiger charge is 2.28. The quantitative estimate of drug-likeness (QED) is 0.511. The van der Waals surface area contributed by atoms with Crippen LogP contribution in [0, 0.1) is 29.0 Å². The first kappa shape index (κ1) is 20.1. The van der Waals surface area contributed by atoms with Crippen molar-refractivity contribution < 1.29 is 13.9 Å². The molecule has 0 saturated heterocycles. The molecule has 3 aromatic rings. The molecule has 0 aliphatic heterocycles. The number of alkyl carbamates (subject to hydrolysis) is 1. The molecule has 152 valence electrons. The SMILES string of the molecule is N#Cc1ncc(C#CCCNC(=O)OCC2c3ccccc3-c3ccccc32)cc1F. The van der Waals surface area contributed by atoms with Gasteiger partial charge in [0, 0.05) is 30.6 Å². The van der Waals surface area contributed by atoms with Gasteiger partial charge in [0.15, 0.2) is 11.5 Å². The summed E-state index contributed by atoms with van der Waals surface area (Å²) in [5.41, 5.74) is 4.78. The third-order valence-electron chi connectivity index (χ3n) is 5.04. The normalized spacial score (nSPS) is 11.5. The number of halogens is 1. The van der Waals surface area contributed by atoms with E-state index >= 15 is 0 Å². The highest BCUT2D eigenvalue weighted by atomic mass is 19.1. The Kier molecular flexibility index (Phi) is 5.91. The van der Waals surface area contributed by atoms with Gasteiger partial charge in [-0.25, -0.2) is 14.2 Å². The summed E-state index contributed by atoms with van der Waals surface area (Å²) in [6, 6.07) is 19.1. The van der Waals surface area contributed by atoms with E-state index in [0.29, 0.717) is 18.5 Å². The number of amides is 1. The summed E-state index contributed by atoms with van der Waals surface area (Å²) >= 11 is 0. The Morgan fingerprint density at radius 3 is 2.45 bits per heavy atom. The van der Waals surface area contributed by atoms with Gasteiger partial charge in [0.05, 0.1) is 0 Å². The largest absolute Gasteiger partial charge is 0.449 e. The van der Waals surface area contributed by atoms with Crippen LogP contribution in [0.1, 0.15) is 34.7 Å². The predicted molar refractivity (Wildman–Crippen MR) is 113 cm³/mol. The van der Waals surface area contributed by atoms with Gasteiger partial charge in [-0.05, 0) is 28.3 Å². The fourth-order valence-electron chi connectivity index (χ4n) is 3.63. The zero-order chi connectivity index (χ0) is 21.6. The smallest absolute Gasteiger partial charge is 0.407 e. The summed E-state index contributed by atoms with van der Waals surface area (Å²) < 4.78 is 19.0. The van der Waals surface area contributed by atoms with Crippen molar-refractivity contribution in [1.29, 1.82) is 5.26 Å². The van der Waals surface area contributed by atoms with Gasteiger partial charge in [-0.3, -0.25) is 0 Å². The van der Waals surface area contributed by atoms with Crippen LogP contribution in [-0.2, 0) is 4.74 Å². The summed E-state index contributed by atoms with van der Waals surface area (Å²) in [6.07, 6.45) is 1.20. The van der Waals surface area contributed by atoms with Crippen LogP contribution in [-0.4, -0.2) is 24.2 Å². The number of nitriles is 1. The molecule has 0 saturated carbocycles. The van der Waals surface area contributed by atoms with Gasteiger partial charge in [0.2, 0.25) is 0 Å². The van der Waals surface area contributed by atoms with E-state index in [2.05, 4.69) is 46.4 Å². The van der Waals surface area contributed by atoms with Crippen LogP contribution in [0.5, 0.6) is 0 Å². The molecule has 0 atom stereocenters. The van der Waals surface area contributed by atoms with Gasteiger partial charge >= 0.3 is 6.09 Å². The summed E-state index contributed by atoms with van der Waals surface area (Å²) in [6.45, 7) is 0.553. The van der Waals surface area contributed by atoms with Crippen LogP contribution >= 0.6 is 0 Å². The molecule has 0 spiro atoms. The lowest BCUT2D eigenvalue weighted by Gasteiger charge is -2.14. The lowest BCUT2D eigenvalue weighted by molar-refractivity contribution is 0.143. The lowest BCUT2D eigenvalue weighted by atomic mass is 9.98. The molecule has 6 heteroatoms. The van der Waals surface area contributed by atoms with Crippen LogP contribution in [0.2, 0.25) is 0 Å². The molecular weight excluding hydrogens is 393 g/mol. The Labute approximate surface area is 179 Å². The fourth-order valence-corrected chi connectivity index (χ4v) is 3.63. The number of ether oxygens (including phenoxy) is 1. The molecule has 0 fully saturated rings. The Balaban J connectivity index is 1.28. The number of carbonyl (C=O) groups excluding carboxylic acids is 1. The number of nitrogens with zero attached hydrogens (tertiary/aromatic N) is 2. The third kappa shape index (κ3) is 4.39. The second kappa shape index (κ2) is 9.11. The Morgan fingerprint density at radius 2 is 1.81 bits per heavy atom. The standard InChI is InChI=1S/C25H18FN3O2/c26-23-13-17(15-29-24(23)14-27)7-5-6-12-28-25(30)31-16-22-20-10-3-1-8-18(20)19-9-2-4-11-21(19)22/h1-4,8-11,13,15,22H,6,12,16H2,(H,28,30). The minimum Gasteiger partial charge on any atom is -0.449 e. The van der Waals surface area contributed by atoms with Gasteiger partial charge in [0.25, 0.3) is 0 Å². The van der Waals surface area contributed by atoms with Gasteiger partial charge in [-0.2, -0.15) is 5.26 Å². The van der Waals surface area contributed by atoms with Crippen LogP contribution in [0.25, 0.3) is 11.1 Å². The molecule has 1 heterocycles. The van der Waals surface area contributed by atoms with Crippen LogP contribution in [0.4, 0.5) is 9.18 Å². The Morgan fingerprint density at radius 1 is 1.13 bits per heavy atom. The van der Waals surface area contributed by atoms with Gasteiger partial charge in [-0.15, -0.1) is 0 Å². The van der Waals surface area contributed by atoms with Gasteiger partial charge in [0.1, 0.15) is 12.7 Å². The summed E-state index contributed by atoms with van der Waals surface area (Å²) in [7, 11) is 0. The summed E-state index contributed by atoms with van der Waals surface area (Å²) in [5.74, 6) is 4.90. The average molecular weight is 411 g/mol. The number of hydrogen-bond acceptors (Lipinski definition) is 4. The number of carbonyl (C=O) groups is 1. The van der Waals surface area contributed by atoms with Crippen molar-refractivity contribution in [2.75, 3.05) is 13.2 Å². The number of pyridine rings is 1. The zero-order valence-electron chi connectivity index (χ0n) is 16.6. The molecule has 1 aliphatic rings. The Hall–Kier alpha value is -4.16. The number of hydrogen-bond donors (Lipinski definition) is 1. The second-order valence-corrected chi connectivity index (χ2v) is 6.97. The number of fused-ring (bicyclic) bond motifs is 3. The molecule has 5 nitrogen and oxygen atoms in total. The molecular formula is C25H18FN3O2. The lowest BCUT2D eigenvalue weighted by Crippen LogP contribution is -2.26. The monoisotopic (exact) mass is 411 g/mol. The summed E-state index contributed by atoms with van der Waals surface area (Å²) in [4.78, 5) is 15.8. The van der Waals surface area contributed by atoms with E-state index in [9.17, 15) is 9.18 Å². The van der Waals surface area contributed by atoms with Crippen molar-refractivity contribution in [3.05, 3.63) is 89.0 Å². The highest BCUT2D eigenvalue weighted by Crippen LogP contribution is 2.44. The van der Waals surface area contributed by atoms with Crippen molar-refractivity contribution in [2.45, 2.75) is 12.3 Å². The fraction of sp³-hybridized carbons (Fsp3) is 0.160. The van der Waals surface area contributed by atoms with E-state index in [1.807, 2.05) is 24.3 Å². The van der Waals surface area contributed by atoms with E-state index in [1.54, 1.807) is 6.07 Å². The third-order valence-corrected chi connectivity index (χ3v) is 5.04. The zero-order valence-corrected chi connectivity index (χ0v) is 16.6. The predicted octanol–water partition coefficient (Wildman–Crippen LogP) is 4.37. The number of aromatic nitrogens is 1. The molecule has 1 N–H and O–H groups in total. The van der Waals surface area contributed by atoms with E-state index in [-0.39, 0.29) is 18.2 Å². The van der Waals surface area contributed by atoms with E-state index < -0.39 is 11.9 Å². The maximum absolute atomic E-state index is 13.5. The maximum Gasteiger partial charge on any atom is 0.407 e. The highest BCUT2D eigenvalue weighted by molar-refractivity contribution is 5.79. The molecule has 0 unspecified atom stereocenters. The molecule has 4 rings (SSSR count). The summed E-state index contributed by atoms with van der Waals surface area (Å²) in [5, 5.41) is 11.4. The van der Waals surface area contributed by atoms with E-state index in [1.165, 1.54) is 17.3 Å². The van der Waals surface area contributed by atoms with Crippen LogP contribution < -0.4 is 5.32 Å².